The topological polar surface area (TPSA) is 50.2 Å². The van der Waals surface area contributed by atoms with Crippen molar-refractivity contribution in [2.24, 2.45) is 13.0 Å². The zero-order valence-electron chi connectivity index (χ0n) is 12.8. The molecule has 2 atom stereocenters. The van der Waals surface area contributed by atoms with Gasteiger partial charge in [0.15, 0.2) is 0 Å². The van der Waals surface area contributed by atoms with Crippen molar-refractivity contribution in [3.05, 3.63) is 18.0 Å². The molecule has 2 unspecified atom stereocenters. The van der Waals surface area contributed by atoms with Gasteiger partial charge in [0.05, 0.1) is 0 Å². The average molecular weight is 278 g/mol. The number of nitrogens with zero attached hydrogens (tertiary/aromatic N) is 3. The fourth-order valence-electron chi connectivity index (χ4n) is 2.92. The Kier molecular flexibility index (Phi) is 5.17. The molecule has 1 aromatic heterocycles. The van der Waals surface area contributed by atoms with Gasteiger partial charge in [-0.3, -0.25) is 9.48 Å². The molecule has 1 amide bonds. The van der Waals surface area contributed by atoms with Gasteiger partial charge in [-0.1, -0.05) is 20.3 Å². The minimum absolute atomic E-state index is 0.0676. The average Bonchev–Trinajstić information content (AvgIpc) is 2.90. The van der Waals surface area contributed by atoms with E-state index in [0.29, 0.717) is 17.7 Å². The predicted octanol–water partition coefficient (Wildman–Crippen LogP) is 1.66. The van der Waals surface area contributed by atoms with Crippen LogP contribution in [0.3, 0.4) is 0 Å². The van der Waals surface area contributed by atoms with E-state index < -0.39 is 0 Å². The number of amides is 1. The maximum atomic E-state index is 12.4. The highest BCUT2D eigenvalue weighted by molar-refractivity contribution is 5.92. The summed E-state index contributed by atoms with van der Waals surface area (Å²) in [6.45, 7) is 7.13. The number of carbonyl (C=O) groups is 1. The molecule has 0 bridgehead atoms. The first-order valence-corrected chi connectivity index (χ1v) is 7.68. The molecule has 20 heavy (non-hydrogen) atoms. The normalized spacial score (nSPS) is 23.1. The van der Waals surface area contributed by atoms with E-state index in [1.165, 1.54) is 0 Å². The van der Waals surface area contributed by atoms with Gasteiger partial charge in [-0.25, -0.2) is 0 Å². The fraction of sp³-hybridized carbons (Fsp3) is 0.733. The van der Waals surface area contributed by atoms with Gasteiger partial charge in [0, 0.05) is 32.4 Å². The van der Waals surface area contributed by atoms with Crippen molar-refractivity contribution >= 4 is 5.91 Å². The van der Waals surface area contributed by atoms with E-state index in [1.807, 2.05) is 18.1 Å². The summed E-state index contributed by atoms with van der Waals surface area (Å²) in [4.78, 5) is 14.4. The molecule has 0 saturated carbocycles. The van der Waals surface area contributed by atoms with Crippen molar-refractivity contribution in [2.45, 2.75) is 39.2 Å². The molecule has 1 aliphatic rings. The monoisotopic (exact) mass is 278 g/mol. The highest BCUT2D eigenvalue weighted by Crippen LogP contribution is 2.21. The number of aromatic nitrogens is 2. The Balaban J connectivity index is 1.97. The summed E-state index contributed by atoms with van der Waals surface area (Å²) in [5.74, 6) is 0.612. The maximum absolute atomic E-state index is 12.4. The molecule has 0 aromatic carbocycles. The number of hydrogen-bond acceptors (Lipinski definition) is 3. The molecule has 2 rings (SSSR count). The molecule has 112 valence electrons. The fourth-order valence-corrected chi connectivity index (χ4v) is 2.92. The van der Waals surface area contributed by atoms with Gasteiger partial charge in [0.1, 0.15) is 5.69 Å². The molecule has 1 fully saturated rings. The third-order valence-corrected chi connectivity index (χ3v) is 4.13. The Labute approximate surface area is 121 Å². The van der Waals surface area contributed by atoms with Crippen LogP contribution >= 0.6 is 0 Å². The molecular weight excluding hydrogens is 252 g/mol. The molecular formula is C15H26N4O. The molecule has 0 radical (unpaired) electrons. The molecule has 1 aromatic rings. The zero-order chi connectivity index (χ0) is 14.5. The van der Waals surface area contributed by atoms with Gasteiger partial charge in [-0.2, -0.15) is 5.10 Å². The van der Waals surface area contributed by atoms with Gasteiger partial charge in [0.25, 0.3) is 5.91 Å². The van der Waals surface area contributed by atoms with E-state index >= 15 is 0 Å². The van der Waals surface area contributed by atoms with Crippen molar-refractivity contribution in [1.29, 1.82) is 0 Å². The van der Waals surface area contributed by atoms with Crippen molar-refractivity contribution in [3.63, 3.8) is 0 Å². The highest BCUT2D eigenvalue weighted by Gasteiger charge is 2.30. The number of rotatable bonds is 5. The van der Waals surface area contributed by atoms with Crippen LogP contribution in [0, 0.1) is 5.92 Å². The summed E-state index contributed by atoms with van der Waals surface area (Å²) in [5, 5.41) is 7.83. The lowest BCUT2D eigenvalue weighted by atomic mass is 9.89. The van der Waals surface area contributed by atoms with E-state index in [1.54, 1.807) is 10.7 Å². The summed E-state index contributed by atoms with van der Waals surface area (Å²) < 4.78 is 1.68. The van der Waals surface area contributed by atoms with E-state index in [0.717, 1.165) is 38.9 Å². The lowest BCUT2D eigenvalue weighted by Gasteiger charge is -2.38. The van der Waals surface area contributed by atoms with Crippen LogP contribution in [0.1, 0.15) is 43.6 Å². The summed E-state index contributed by atoms with van der Waals surface area (Å²) in [6.07, 6.45) is 5.12. The van der Waals surface area contributed by atoms with Gasteiger partial charge >= 0.3 is 0 Å². The van der Waals surface area contributed by atoms with Crippen molar-refractivity contribution in [2.75, 3.05) is 19.6 Å². The first-order valence-electron chi connectivity index (χ1n) is 7.68. The minimum atomic E-state index is 0.0676. The first kappa shape index (κ1) is 15.0. The third-order valence-electron chi connectivity index (χ3n) is 4.13. The first-order chi connectivity index (χ1) is 9.65. The quantitative estimate of drug-likeness (QED) is 0.891. The Morgan fingerprint density at radius 3 is 2.90 bits per heavy atom. The molecule has 0 aliphatic carbocycles. The van der Waals surface area contributed by atoms with Crippen LogP contribution in [0.15, 0.2) is 12.3 Å². The molecule has 1 saturated heterocycles. The molecule has 1 N–H and O–H groups in total. The van der Waals surface area contributed by atoms with Crippen LogP contribution in [0.2, 0.25) is 0 Å². The smallest absolute Gasteiger partial charge is 0.274 e. The Morgan fingerprint density at radius 1 is 1.50 bits per heavy atom. The highest BCUT2D eigenvalue weighted by atomic mass is 16.2. The largest absolute Gasteiger partial charge is 0.337 e. The minimum Gasteiger partial charge on any atom is -0.337 e. The molecule has 5 heteroatoms. The number of likely N-dealkylation sites (tertiary alicyclic amines) is 1. The SMILES string of the molecule is CCCNC1CCN(C(=O)c2ccn(C)n2)CC1CC. The molecule has 0 spiro atoms. The van der Waals surface area contributed by atoms with E-state index in [2.05, 4.69) is 24.3 Å². The summed E-state index contributed by atoms with van der Waals surface area (Å²) in [5.41, 5.74) is 0.558. The zero-order valence-corrected chi connectivity index (χ0v) is 12.8. The molecule has 1 aliphatic heterocycles. The third kappa shape index (κ3) is 3.39. The van der Waals surface area contributed by atoms with Crippen molar-refractivity contribution < 1.29 is 4.79 Å². The van der Waals surface area contributed by atoms with Gasteiger partial charge in [0.2, 0.25) is 0 Å². The van der Waals surface area contributed by atoms with Gasteiger partial charge in [-0.05, 0) is 31.4 Å². The number of piperidine rings is 1. The van der Waals surface area contributed by atoms with E-state index in [9.17, 15) is 4.79 Å². The summed E-state index contributed by atoms with van der Waals surface area (Å²) in [6, 6.07) is 2.35. The standard InChI is InChI=1S/C15H26N4O/c1-4-8-16-13-7-10-19(11-12(13)5-2)15(20)14-6-9-18(3)17-14/h6,9,12-13,16H,4-5,7-8,10-11H2,1-3H3. The van der Waals surface area contributed by atoms with Gasteiger partial charge in [-0.15, -0.1) is 0 Å². The second kappa shape index (κ2) is 6.88. The van der Waals surface area contributed by atoms with Crippen LogP contribution in [-0.4, -0.2) is 46.3 Å². The Morgan fingerprint density at radius 2 is 2.30 bits per heavy atom. The van der Waals surface area contributed by atoms with Crippen LogP contribution in [-0.2, 0) is 7.05 Å². The summed E-state index contributed by atoms with van der Waals surface area (Å²) in [7, 11) is 1.84. The number of aryl methyl sites for hydroxylation is 1. The van der Waals surface area contributed by atoms with Crippen LogP contribution in [0.25, 0.3) is 0 Å². The van der Waals surface area contributed by atoms with Crippen LogP contribution in [0.4, 0.5) is 0 Å². The predicted molar refractivity (Wildman–Crippen MR) is 79.6 cm³/mol. The number of hydrogen-bond donors (Lipinski definition) is 1. The number of carbonyl (C=O) groups excluding carboxylic acids is 1. The molecule has 2 heterocycles. The second-order valence-electron chi connectivity index (χ2n) is 5.64. The second-order valence-corrected chi connectivity index (χ2v) is 5.64. The van der Waals surface area contributed by atoms with E-state index in [4.69, 9.17) is 0 Å². The molecule has 5 nitrogen and oxygen atoms in total. The van der Waals surface area contributed by atoms with Crippen molar-refractivity contribution in [3.8, 4) is 0 Å². The maximum Gasteiger partial charge on any atom is 0.274 e. The van der Waals surface area contributed by atoms with Crippen LogP contribution < -0.4 is 5.32 Å². The lowest BCUT2D eigenvalue weighted by molar-refractivity contribution is 0.0620. The Bertz CT molecular complexity index is 443. The van der Waals surface area contributed by atoms with E-state index in [-0.39, 0.29) is 5.91 Å². The lowest BCUT2D eigenvalue weighted by Crippen LogP contribution is -2.51. The van der Waals surface area contributed by atoms with Crippen LogP contribution in [0.5, 0.6) is 0 Å². The summed E-state index contributed by atoms with van der Waals surface area (Å²) >= 11 is 0. The Hall–Kier alpha value is -1.36. The number of nitrogens with one attached hydrogen (secondary N) is 1. The van der Waals surface area contributed by atoms with Crippen molar-refractivity contribution in [1.82, 2.24) is 20.0 Å². The van der Waals surface area contributed by atoms with Gasteiger partial charge < -0.3 is 10.2 Å².